The van der Waals surface area contributed by atoms with Crippen LogP contribution >= 0.6 is 0 Å². The van der Waals surface area contributed by atoms with Gasteiger partial charge in [0, 0.05) is 23.7 Å². The van der Waals surface area contributed by atoms with Crippen molar-refractivity contribution in [3.63, 3.8) is 0 Å². The summed E-state index contributed by atoms with van der Waals surface area (Å²) >= 11 is 0. The van der Waals surface area contributed by atoms with Crippen molar-refractivity contribution in [1.82, 2.24) is 10.5 Å². The zero-order chi connectivity index (χ0) is 17.1. The lowest BCUT2D eigenvalue weighted by atomic mass is 10.1. The van der Waals surface area contributed by atoms with Crippen LogP contribution < -0.4 is 5.32 Å². The molecule has 3 rings (SSSR count). The van der Waals surface area contributed by atoms with Gasteiger partial charge in [0.05, 0.1) is 0 Å². The van der Waals surface area contributed by atoms with Gasteiger partial charge in [0.1, 0.15) is 28.7 Å². The predicted molar refractivity (Wildman–Crippen MR) is 84.2 cm³/mol. The third kappa shape index (κ3) is 3.17. The summed E-state index contributed by atoms with van der Waals surface area (Å²) in [4.78, 5) is 12.5. The molecule has 24 heavy (non-hydrogen) atoms. The van der Waals surface area contributed by atoms with Crippen LogP contribution in [-0.2, 0) is 6.54 Å². The number of rotatable bonds is 4. The highest BCUT2D eigenvalue weighted by molar-refractivity contribution is 6.00. The maximum atomic E-state index is 13.6. The number of hydrogen-bond donors (Lipinski definition) is 1. The van der Waals surface area contributed by atoms with Crippen molar-refractivity contribution < 1.29 is 18.1 Å². The molecule has 0 aliphatic heterocycles. The van der Waals surface area contributed by atoms with E-state index < -0.39 is 17.5 Å². The molecular weight excluding hydrogens is 314 g/mol. The van der Waals surface area contributed by atoms with E-state index in [1.165, 1.54) is 6.07 Å². The number of nitrogens with one attached hydrogen (secondary N) is 1. The molecule has 4 nitrogen and oxygen atoms in total. The lowest BCUT2D eigenvalue weighted by molar-refractivity contribution is 0.0949. The molecule has 1 aromatic heterocycles. The molecule has 1 heterocycles. The number of nitrogens with zero attached hydrogens (tertiary/aromatic N) is 1. The highest BCUT2D eigenvalue weighted by atomic mass is 19.1. The van der Waals surface area contributed by atoms with E-state index in [0.717, 1.165) is 17.7 Å². The minimum Gasteiger partial charge on any atom is -0.360 e. The summed E-state index contributed by atoms with van der Waals surface area (Å²) in [5, 5.41) is 6.54. The molecule has 6 heteroatoms. The molecule has 0 aliphatic carbocycles. The molecule has 1 N–H and O–H groups in total. The summed E-state index contributed by atoms with van der Waals surface area (Å²) in [6, 6.07) is 12.4. The average Bonchev–Trinajstić information content (AvgIpc) is 2.96. The Labute approximate surface area is 137 Å². The number of carbonyl (C=O) groups excluding carboxylic acids is 1. The fourth-order valence-corrected chi connectivity index (χ4v) is 2.36. The first-order chi connectivity index (χ1) is 11.6. The first-order valence-corrected chi connectivity index (χ1v) is 7.30. The van der Waals surface area contributed by atoms with Gasteiger partial charge in [0.15, 0.2) is 0 Å². The van der Waals surface area contributed by atoms with Crippen molar-refractivity contribution in [1.29, 1.82) is 0 Å². The molecule has 122 valence electrons. The molecule has 0 fully saturated rings. The quantitative estimate of drug-likeness (QED) is 0.791. The molecule has 0 aliphatic rings. The Kier molecular flexibility index (Phi) is 4.37. The zero-order valence-corrected chi connectivity index (χ0v) is 12.8. The monoisotopic (exact) mass is 328 g/mol. The van der Waals surface area contributed by atoms with Gasteiger partial charge in [-0.15, -0.1) is 0 Å². The number of benzene rings is 2. The molecule has 2 aromatic carbocycles. The number of aromatic nitrogens is 1. The molecule has 0 atom stereocenters. The summed E-state index contributed by atoms with van der Waals surface area (Å²) in [7, 11) is 0. The van der Waals surface area contributed by atoms with Crippen LogP contribution in [0, 0.1) is 18.6 Å². The van der Waals surface area contributed by atoms with E-state index >= 15 is 0 Å². The molecule has 3 aromatic rings. The smallest absolute Gasteiger partial charge is 0.257 e. The minimum atomic E-state index is -0.708. The van der Waals surface area contributed by atoms with Crippen LogP contribution in [0.15, 0.2) is 53.1 Å². The van der Waals surface area contributed by atoms with Gasteiger partial charge in [-0.3, -0.25) is 4.79 Å². The van der Waals surface area contributed by atoms with Crippen LogP contribution in [0.2, 0.25) is 0 Å². The van der Waals surface area contributed by atoms with Gasteiger partial charge in [-0.25, -0.2) is 8.78 Å². The van der Waals surface area contributed by atoms with Crippen LogP contribution in [-0.4, -0.2) is 11.1 Å². The fraction of sp³-hybridized carbons (Fsp3) is 0.111. The van der Waals surface area contributed by atoms with E-state index in [9.17, 15) is 13.6 Å². The van der Waals surface area contributed by atoms with Crippen LogP contribution in [0.4, 0.5) is 8.78 Å². The zero-order valence-electron chi connectivity index (χ0n) is 12.8. The lowest BCUT2D eigenvalue weighted by Gasteiger charge is -2.07. The van der Waals surface area contributed by atoms with Crippen molar-refractivity contribution in [3.05, 3.63) is 77.1 Å². The Morgan fingerprint density at radius 3 is 2.62 bits per heavy atom. The molecule has 0 unspecified atom stereocenters. The van der Waals surface area contributed by atoms with E-state index in [1.807, 2.05) is 30.3 Å². The standard InChI is InChI=1S/C18H14F2N2O2/c1-11-16(17(22-24-11)12-5-3-2-4-6-12)18(23)21-10-13-7-8-14(19)9-15(13)20/h2-9H,10H2,1H3,(H,21,23). The number of halogens is 2. The van der Waals surface area contributed by atoms with Gasteiger partial charge >= 0.3 is 0 Å². The highest BCUT2D eigenvalue weighted by Gasteiger charge is 2.21. The largest absolute Gasteiger partial charge is 0.360 e. The molecule has 0 spiro atoms. The van der Waals surface area contributed by atoms with Crippen molar-refractivity contribution in [2.45, 2.75) is 13.5 Å². The van der Waals surface area contributed by atoms with Crippen LogP contribution in [0.3, 0.4) is 0 Å². The first-order valence-electron chi connectivity index (χ1n) is 7.30. The highest BCUT2D eigenvalue weighted by Crippen LogP contribution is 2.25. The van der Waals surface area contributed by atoms with E-state index in [0.29, 0.717) is 17.0 Å². The van der Waals surface area contributed by atoms with Gasteiger partial charge in [-0.1, -0.05) is 41.6 Å². The second-order valence-electron chi connectivity index (χ2n) is 5.25. The second-order valence-corrected chi connectivity index (χ2v) is 5.25. The summed E-state index contributed by atoms with van der Waals surface area (Å²) < 4.78 is 31.7. The van der Waals surface area contributed by atoms with Crippen LogP contribution in [0.25, 0.3) is 11.3 Å². The molecule has 0 saturated carbocycles. The van der Waals surface area contributed by atoms with Gasteiger partial charge < -0.3 is 9.84 Å². The summed E-state index contributed by atoms with van der Waals surface area (Å²) in [6.07, 6.45) is 0. The number of hydrogen-bond acceptors (Lipinski definition) is 3. The van der Waals surface area contributed by atoms with Gasteiger partial charge in [-0.2, -0.15) is 0 Å². The minimum absolute atomic E-state index is 0.0657. The third-order valence-electron chi connectivity index (χ3n) is 3.59. The number of carbonyl (C=O) groups is 1. The average molecular weight is 328 g/mol. The SMILES string of the molecule is Cc1onc(-c2ccccc2)c1C(=O)NCc1ccc(F)cc1F. The van der Waals surface area contributed by atoms with Crippen molar-refractivity contribution >= 4 is 5.91 Å². The molecule has 0 radical (unpaired) electrons. The molecular formula is C18H14F2N2O2. The molecule has 1 amide bonds. The normalized spacial score (nSPS) is 10.6. The number of amides is 1. The first kappa shape index (κ1) is 15.9. The van der Waals surface area contributed by atoms with Crippen molar-refractivity contribution in [2.75, 3.05) is 0 Å². The Balaban J connectivity index is 1.82. The predicted octanol–water partition coefficient (Wildman–Crippen LogP) is 3.86. The maximum Gasteiger partial charge on any atom is 0.257 e. The Hall–Kier alpha value is -3.02. The Morgan fingerprint density at radius 1 is 1.17 bits per heavy atom. The van der Waals surface area contributed by atoms with Gasteiger partial charge in [-0.05, 0) is 13.0 Å². The second kappa shape index (κ2) is 6.62. The lowest BCUT2D eigenvalue weighted by Crippen LogP contribution is -2.24. The maximum absolute atomic E-state index is 13.6. The van der Waals surface area contributed by atoms with E-state index in [-0.39, 0.29) is 12.1 Å². The Bertz CT molecular complexity index is 876. The van der Waals surface area contributed by atoms with Crippen LogP contribution in [0.1, 0.15) is 21.7 Å². The van der Waals surface area contributed by atoms with Crippen molar-refractivity contribution in [2.24, 2.45) is 0 Å². The third-order valence-corrected chi connectivity index (χ3v) is 3.59. The summed E-state index contributed by atoms with van der Waals surface area (Å²) in [6.45, 7) is 1.57. The molecule has 0 bridgehead atoms. The topological polar surface area (TPSA) is 55.1 Å². The van der Waals surface area contributed by atoms with Crippen molar-refractivity contribution in [3.8, 4) is 11.3 Å². The molecule has 0 saturated heterocycles. The van der Waals surface area contributed by atoms with E-state index in [1.54, 1.807) is 6.92 Å². The number of aryl methyl sites for hydroxylation is 1. The van der Waals surface area contributed by atoms with E-state index in [4.69, 9.17) is 4.52 Å². The van der Waals surface area contributed by atoms with Gasteiger partial charge in [0.25, 0.3) is 5.91 Å². The van der Waals surface area contributed by atoms with Gasteiger partial charge in [0.2, 0.25) is 0 Å². The summed E-state index contributed by atoms with van der Waals surface area (Å²) in [5.74, 6) is -1.44. The van der Waals surface area contributed by atoms with Crippen LogP contribution in [0.5, 0.6) is 0 Å². The fourth-order valence-electron chi connectivity index (χ4n) is 2.36. The Morgan fingerprint density at radius 2 is 1.92 bits per heavy atom. The van der Waals surface area contributed by atoms with E-state index in [2.05, 4.69) is 10.5 Å². The summed E-state index contributed by atoms with van der Waals surface area (Å²) in [5.41, 5.74) is 1.65.